The van der Waals surface area contributed by atoms with E-state index in [1.807, 2.05) is 6.92 Å². The van der Waals surface area contributed by atoms with E-state index in [4.69, 9.17) is 4.74 Å². The summed E-state index contributed by atoms with van der Waals surface area (Å²) < 4.78 is 17.7. The molecule has 0 aliphatic rings. The highest BCUT2D eigenvalue weighted by molar-refractivity contribution is 8.00. The first-order valence-electron chi connectivity index (χ1n) is 5.55. The Labute approximate surface area is 106 Å². The van der Waals surface area contributed by atoms with Crippen LogP contribution < -0.4 is 0 Å². The van der Waals surface area contributed by atoms with Gasteiger partial charge in [0, 0.05) is 19.3 Å². The molecule has 0 radical (unpaired) electrons. The number of ketones is 1. The molecule has 2 nitrogen and oxygen atoms in total. The number of rotatable bonds is 7. The number of carbonyl (C=O) groups is 1. The van der Waals surface area contributed by atoms with E-state index in [-0.39, 0.29) is 16.9 Å². The first kappa shape index (κ1) is 14.2. The van der Waals surface area contributed by atoms with Gasteiger partial charge in [-0.15, -0.1) is 0 Å². The number of methoxy groups -OCH3 is 1. The topological polar surface area (TPSA) is 26.3 Å². The molecule has 4 heteroatoms. The van der Waals surface area contributed by atoms with Gasteiger partial charge in [-0.3, -0.25) is 4.79 Å². The lowest BCUT2D eigenvalue weighted by molar-refractivity contribution is 0.0994. The number of Topliss-reactive ketones (excluding diaryl/α,β-unsaturated/α-hetero) is 1. The van der Waals surface area contributed by atoms with Crippen molar-refractivity contribution >= 4 is 17.5 Å². The summed E-state index contributed by atoms with van der Waals surface area (Å²) in [7, 11) is 1.66. The summed E-state index contributed by atoms with van der Waals surface area (Å²) in [6.45, 7) is 2.59. The largest absolute Gasteiger partial charge is 0.385 e. The molecule has 1 aromatic carbocycles. The van der Waals surface area contributed by atoms with Gasteiger partial charge in [0.05, 0.1) is 5.25 Å². The molecule has 0 fully saturated rings. The van der Waals surface area contributed by atoms with E-state index in [1.54, 1.807) is 18.9 Å². The predicted octanol–water partition coefficient (Wildman–Crippen LogP) is 3.17. The van der Waals surface area contributed by atoms with Crippen LogP contribution >= 0.6 is 11.8 Å². The lowest BCUT2D eigenvalue weighted by Crippen LogP contribution is -2.14. The number of hydrogen-bond acceptors (Lipinski definition) is 3. The van der Waals surface area contributed by atoms with Gasteiger partial charge in [-0.05, 0) is 43.4 Å². The fourth-order valence-corrected chi connectivity index (χ4v) is 2.31. The molecular weight excluding hydrogens is 239 g/mol. The van der Waals surface area contributed by atoms with E-state index < -0.39 is 0 Å². The zero-order valence-electron chi connectivity index (χ0n) is 10.1. The second-order valence-electron chi connectivity index (χ2n) is 3.73. The molecule has 0 bridgehead atoms. The third-order valence-electron chi connectivity index (χ3n) is 2.36. The lowest BCUT2D eigenvalue weighted by atomic mass is 10.1. The number of ether oxygens (including phenoxy) is 1. The van der Waals surface area contributed by atoms with Crippen molar-refractivity contribution in [3.05, 3.63) is 35.6 Å². The van der Waals surface area contributed by atoms with Crippen LogP contribution in [0.3, 0.4) is 0 Å². The summed E-state index contributed by atoms with van der Waals surface area (Å²) in [4.78, 5) is 11.9. The van der Waals surface area contributed by atoms with Crippen LogP contribution in [0.5, 0.6) is 0 Å². The fourth-order valence-electron chi connectivity index (χ4n) is 1.39. The highest BCUT2D eigenvalue weighted by atomic mass is 32.2. The van der Waals surface area contributed by atoms with Crippen LogP contribution in [0.15, 0.2) is 24.3 Å². The average molecular weight is 256 g/mol. The average Bonchev–Trinajstić information content (AvgIpc) is 2.34. The van der Waals surface area contributed by atoms with Gasteiger partial charge < -0.3 is 4.74 Å². The molecule has 0 saturated heterocycles. The van der Waals surface area contributed by atoms with Crippen molar-refractivity contribution in [2.24, 2.45) is 0 Å². The normalized spacial score (nSPS) is 12.4. The molecule has 94 valence electrons. The molecule has 0 spiro atoms. The summed E-state index contributed by atoms with van der Waals surface area (Å²) >= 11 is 1.60. The van der Waals surface area contributed by atoms with Gasteiger partial charge in [0.25, 0.3) is 0 Å². The molecule has 0 amide bonds. The number of halogens is 1. The number of carbonyl (C=O) groups excluding carboxylic acids is 1. The monoisotopic (exact) mass is 256 g/mol. The van der Waals surface area contributed by atoms with Crippen LogP contribution in [-0.2, 0) is 4.74 Å². The standard InChI is InChI=1S/C13H17FO2S/c1-10(17-9-3-8-16-2)13(15)11-4-6-12(14)7-5-11/h4-7,10H,3,8-9H2,1-2H3. The van der Waals surface area contributed by atoms with Crippen LogP contribution in [0.25, 0.3) is 0 Å². The molecule has 0 N–H and O–H groups in total. The van der Waals surface area contributed by atoms with Gasteiger partial charge in [0.2, 0.25) is 0 Å². The second-order valence-corrected chi connectivity index (χ2v) is 5.18. The smallest absolute Gasteiger partial charge is 0.175 e. The molecule has 17 heavy (non-hydrogen) atoms. The summed E-state index contributed by atoms with van der Waals surface area (Å²) in [5, 5.41) is -0.0997. The van der Waals surface area contributed by atoms with Gasteiger partial charge in [-0.1, -0.05) is 0 Å². The van der Waals surface area contributed by atoms with Crippen molar-refractivity contribution < 1.29 is 13.9 Å². The van der Waals surface area contributed by atoms with E-state index in [1.165, 1.54) is 24.3 Å². The summed E-state index contributed by atoms with van der Waals surface area (Å²) in [5.74, 6) is 0.622. The highest BCUT2D eigenvalue weighted by Gasteiger charge is 2.15. The third-order valence-corrected chi connectivity index (χ3v) is 3.60. The van der Waals surface area contributed by atoms with Crippen molar-refractivity contribution in [3.63, 3.8) is 0 Å². The maximum atomic E-state index is 12.7. The van der Waals surface area contributed by atoms with Gasteiger partial charge >= 0.3 is 0 Å². The lowest BCUT2D eigenvalue weighted by Gasteiger charge is -2.10. The molecule has 1 unspecified atom stereocenters. The highest BCUT2D eigenvalue weighted by Crippen LogP contribution is 2.17. The minimum absolute atomic E-state index is 0.0485. The quantitative estimate of drug-likeness (QED) is 0.553. The van der Waals surface area contributed by atoms with Gasteiger partial charge in [-0.2, -0.15) is 11.8 Å². The molecule has 0 aliphatic carbocycles. The van der Waals surface area contributed by atoms with Crippen molar-refractivity contribution in [2.75, 3.05) is 19.5 Å². The zero-order valence-corrected chi connectivity index (χ0v) is 10.9. The maximum Gasteiger partial charge on any atom is 0.175 e. The molecule has 1 rings (SSSR count). The molecule has 0 saturated carbocycles. The Morgan fingerprint density at radius 3 is 2.65 bits per heavy atom. The summed E-state index contributed by atoms with van der Waals surface area (Å²) in [6, 6.07) is 5.69. The first-order valence-corrected chi connectivity index (χ1v) is 6.60. The van der Waals surface area contributed by atoms with Gasteiger partial charge in [-0.25, -0.2) is 4.39 Å². The minimum Gasteiger partial charge on any atom is -0.385 e. The molecule has 0 aliphatic heterocycles. The van der Waals surface area contributed by atoms with Crippen molar-refractivity contribution in [2.45, 2.75) is 18.6 Å². The Morgan fingerprint density at radius 2 is 2.06 bits per heavy atom. The van der Waals surface area contributed by atoms with E-state index in [0.717, 1.165) is 12.2 Å². The van der Waals surface area contributed by atoms with Gasteiger partial charge in [0.1, 0.15) is 5.82 Å². The number of thioether (sulfide) groups is 1. The Hall–Kier alpha value is -0.870. The van der Waals surface area contributed by atoms with E-state index >= 15 is 0 Å². The number of benzene rings is 1. The number of hydrogen-bond donors (Lipinski definition) is 0. The van der Waals surface area contributed by atoms with Crippen LogP contribution in [0.2, 0.25) is 0 Å². The molecular formula is C13H17FO2S. The van der Waals surface area contributed by atoms with E-state index in [9.17, 15) is 9.18 Å². The molecule has 0 aromatic heterocycles. The third kappa shape index (κ3) is 4.88. The predicted molar refractivity (Wildman–Crippen MR) is 69.1 cm³/mol. The van der Waals surface area contributed by atoms with Crippen LogP contribution in [-0.4, -0.2) is 30.5 Å². The van der Waals surface area contributed by atoms with Gasteiger partial charge in [0.15, 0.2) is 5.78 Å². The van der Waals surface area contributed by atoms with E-state index in [2.05, 4.69) is 0 Å². The second kappa shape index (κ2) is 7.45. The first-order chi connectivity index (χ1) is 8.15. The molecule has 0 heterocycles. The Balaban J connectivity index is 2.43. The van der Waals surface area contributed by atoms with Crippen molar-refractivity contribution in [3.8, 4) is 0 Å². The SMILES string of the molecule is COCCCSC(C)C(=O)c1ccc(F)cc1. The van der Waals surface area contributed by atoms with Crippen molar-refractivity contribution in [1.29, 1.82) is 0 Å². The van der Waals surface area contributed by atoms with E-state index in [0.29, 0.717) is 12.2 Å². The zero-order chi connectivity index (χ0) is 12.7. The Morgan fingerprint density at radius 1 is 1.41 bits per heavy atom. The summed E-state index contributed by atoms with van der Waals surface area (Å²) in [5.41, 5.74) is 0.568. The van der Waals surface area contributed by atoms with Crippen LogP contribution in [0.1, 0.15) is 23.7 Å². The molecule has 1 aromatic rings. The fraction of sp³-hybridized carbons (Fsp3) is 0.462. The van der Waals surface area contributed by atoms with Crippen LogP contribution in [0, 0.1) is 5.82 Å². The van der Waals surface area contributed by atoms with Crippen molar-refractivity contribution in [1.82, 2.24) is 0 Å². The Bertz CT molecular complexity index is 351. The summed E-state index contributed by atoms with van der Waals surface area (Å²) in [6.07, 6.45) is 0.933. The minimum atomic E-state index is -0.318. The van der Waals surface area contributed by atoms with Crippen LogP contribution in [0.4, 0.5) is 4.39 Å². The maximum absolute atomic E-state index is 12.7. The molecule has 1 atom stereocenters. The Kier molecular flexibility index (Phi) is 6.22.